The van der Waals surface area contributed by atoms with Crippen molar-refractivity contribution in [2.75, 3.05) is 7.05 Å². The molecule has 0 saturated heterocycles. The monoisotopic (exact) mass is 315 g/mol. The Labute approximate surface area is 135 Å². The maximum atomic E-state index is 12.2. The molecule has 0 spiro atoms. The summed E-state index contributed by atoms with van der Waals surface area (Å²) in [7, 11) is 1.69. The van der Waals surface area contributed by atoms with Crippen molar-refractivity contribution in [3.63, 3.8) is 0 Å². The fourth-order valence-electron chi connectivity index (χ4n) is 2.35. The Morgan fingerprint density at radius 2 is 1.83 bits per heavy atom. The summed E-state index contributed by atoms with van der Waals surface area (Å²) in [6.45, 7) is 3.90. The van der Waals surface area contributed by atoms with E-state index in [-0.39, 0.29) is 18.0 Å². The van der Waals surface area contributed by atoms with Crippen molar-refractivity contribution < 1.29 is 19.1 Å². The predicted octanol–water partition coefficient (Wildman–Crippen LogP) is 3.19. The molecule has 5 nitrogen and oxygen atoms in total. The summed E-state index contributed by atoms with van der Waals surface area (Å²) in [6, 6.07) is 9.59. The molecule has 0 radical (unpaired) electrons. The number of carbonyl (C=O) groups is 2. The van der Waals surface area contributed by atoms with Gasteiger partial charge >= 0.3 is 5.97 Å². The smallest absolute Gasteiger partial charge is 0.339 e. The average Bonchev–Trinajstić information content (AvgIpc) is 2.87. The number of carboxylic acids is 1. The van der Waals surface area contributed by atoms with Gasteiger partial charge in [-0.2, -0.15) is 0 Å². The van der Waals surface area contributed by atoms with Crippen LogP contribution in [0, 0.1) is 13.8 Å². The van der Waals surface area contributed by atoms with E-state index in [0.29, 0.717) is 24.4 Å². The number of hydrogen-bond acceptors (Lipinski definition) is 3. The number of amides is 1. The Bertz CT molecular complexity index is 700. The highest BCUT2D eigenvalue weighted by molar-refractivity contribution is 5.88. The second-order valence-corrected chi connectivity index (χ2v) is 5.72. The molecule has 1 N–H and O–H groups in total. The lowest BCUT2D eigenvalue weighted by molar-refractivity contribution is -0.130. The summed E-state index contributed by atoms with van der Waals surface area (Å²) in [5, 5.41) is 9.01. The molecule has 0 aliphatic heterocycles. The van der Waals surface area contributed by atoms with Gasteiger partial charge in [0.1, 0.15) is 17.1 Å². The Kier molecular flexibility index (Phi) is 5.21. The first-order valence-electron chi connectivity index (χ1n) is 7.49. The molecule has 0 atom stereocenters. The summed E-state index contributed by atoms with van der Waals surface area (Å²) in [5.74, 6) is -0.193. The van der Waals surface area contributed by atoms with Crippen LogP contribution in [0.5, 0.6) is 0 Å². The number of aromatic carboxylic acids is 1. The molecule has 1 aromatic heterocycles. The zero-order valence-electron chi connectivity index (χ0n) is 13.6. The number of hydrogen-bond donors (Lipinski definition) is 1. The molecule has 2 aromatic rings. The Balaban J connectivity index is 1.91. The lowest BCUT2D eigenvalue weighted by Crippen LogP contribution is -2.26. The van der Waals surface area contributed by atoms with Crippen LogP contribution in [0.15, 0.2) is 34.7 Å². The Morgan fingerprint density at radius 3 is 2.39 bits per heavy atom. The predicted molar refractivity (Wildman–Crippen MR) is 86.4 cm³/mol. The third kappa shape index (κ3) is 4.45. The van der Waals surface area contributed by atoms with E-state index in [1.54, 1.807) is 18.9 Å². The van der Waals surface area contributed by atoms with Crippen LogP contribution in [0.2, 0.25) is 0 Å². The van der Waals surface area contributed by atoms with Gasteiger partial charge in [0.05, 0.1) is 6.54 Å². The summed E-state index contributed by atoms with van der Waals surface area (Å²) in [6.07, 6.45) is 1.09. The molecule has 1 aromatic carbocycles. The lowest BCUT2D eigenvalue weighted by atomic mass is 10.1. The van der Waals surface area contributed by atoms with Crippen molar-refractivity contribution in [1.82, 2.24) is 4.90 Å². The van der Waals surface area contributed by atoms with E-state index in [1.807, 2.05) is 31.2 Å². The van der Waals surface area contributed by atoms with Crippen LogP contribution in [-0.2, 0) is 17.8 Å². The molecule has 23 heavy (non-hydrogen) atoms. The Morgan fingerprint density at radius 1 is 1.17 bits per heavy atom. The highest BCUT2D eigenvalue weighted by Gasteiger charge is 2.16. The molecule has 1 heterocycles. The fourth-order valence-corrected chi connectivity index (χ4v) is 2.35. The topological polar surface area (TPSA) is 70.8 Å². The zero-order valence-corrected chi connectivity index (χ0v) is 13.6. The van der Waals surface area contributed by atoms with Gasteiger partial charge in [-0.3, -0.25) is 4.79 Å². The molecule has 5 heteroatoms. The first kappa shape index (κ1) is 16.8. The van der Waals surface area contributed by atoms with E-state index < -0.39 is 5.97 Å². The molecule has 0 bridgehead atoms. The van der Waals surface area contributed by atoms with Gasteiger partial charge in [-0.15, -0.1) is 0 Å². The maximum absolute atomic E-state index is 12.2. The van der Waals surface area contributed by atoms with Crippen LogP contribution in [0.1, 0.15) is 39.4 Å². The van der Waals surface area contributed by atoms with Crippen molar-refractivity contribution in [1.29, 1.82) is 0 Å². The number of furan rings is 1. The SMILES string of the molecule is Cc1ccc(CCC(=O)N(C)Cc2cc(C(=O)O)c(C)o2)cc1. The number of benzene rings is 1. The van der Waals surface area contributed by atoms with E-state index in [2.05, 4.69) is 0 Å². The maximum Gasteiger partial charge on any atom is 0.339 e. The minimum atomic E-state index is -1.02. The molecular formula is C18H21NO4. The number of carboxylic acid groups (broad SMARTS) is 1. The fraction of sp³-hybridized carbons (Fsp3) is 0.333. The van der Waals surface area contributed by atoms with Crippen molar-refractivity contribution in [3.8, 4) is 0 Å². The van der Waals surface area contributed by atoms with E-state index in [1.165, 1.54) is 11.6 Å². The molecule has 0 aliphatic rings. The van der Waals surface area contributed by atoms with E-state index >= 15 is 0 Å². The minimum Gasteiger partial charge on any atom is -0.478 e. The third-order valence-corrected chi connectivity index (χ3v) is 3.77. The van der Waals surface area contributed by atoms with Gasteiger partial charge in [0.15, 0.2) is 0 Å². The van der Waals surface area contributed by atoms with Gasteiger partial charge in [0.2, 0.25) is 5.91 Å². The molecule has 0 unspecified atom stereocenters. The number of rotatable bonds is 6. The molecule has 1 amide bonds. The molecule has 0 saturated carbocycles. The van der Waals surface area contributed by atoms with Crippen LogP contribution >= 0.6 is 0 Å². The molecule has 0 fully saturated rings. The largest absolute Gasteiger partial charge is 0.478 e. The quantitative estimate of drug-likeness (QED) is 0.888. The summed E-state index contributed by atoms with van der Waals surface area (Å²) in [5.41, 5.74) is 2.46. The van der Waals surface area contributed by atoms with Crippen LogP contribution in [0.25, 0.3) is 0 Å². The van der Waals surface area contributed by atoms with Gasteiger partial charge in [0.25, 0.3) is 0 Å². The molecular weight excluding hydrogens is 294 g/mol. The zero-order chi connectivity index (χ0) is 17.0. The normalized spacial score (nSPS) is 10.6. The lowest BCUT2D eigenvalue weighted by Gasteiger charge is -2.15. The van der Waals surface area contributed by atoms with Crippen LogP contribution in [0.3, 0.4) is 0 Å². The molecule has 0 aliphatic carbocycles. The highest BCUT2D eigenvalue weighted by atomic mass is 16.4. The van der Waals surface area contributed by atoms with Crippen molar-refractivity contribution in [2.24, 2.45) is 0 Å². The number of nitrogens with zero attached hydrogens (tertiary/aromatic N) is 1. The minimum absolute atomic E-state index is 0.00324. The first-order valence-corrected chi connectivity index (χ1v) is 7.49. The van der Waals surface area contributed by atoms with E-state index in [9.17, 15) is 9.59 Å². The van der Waals surface area contributed by atoms with Gasteiger partial charge in [-0.1, -0.05) is 29.8 Å². The second kappa shape index (κ2) is 7.13. The van der Waals surface area contributed by atoms with Gasteiger partial charge in [-0.05, 0) is 31.9 Å². The summed E-state index contributed by atoms with van der Waals surface area (Å²) < 4.78 is 5.40. The van der Waals surface area contributed by atoms with Crippen molar-refractivity contribution in [3.05, 3.63) is 58.5 Å². The van der Waals surface area contributed by atoms with Gasteiger partial charge < -0.3 is 14.4 Å². The van der Waals surface area contributed by atoms with Gasteiger partial charge in [-0.25, -0.2) is 4.79 Å². The van der Waals surface area contributed by atoms with Crippen LogP contribution in [-0.4, -0.2) is 28.9 Å². The first-order chi connectivity index (χ1) is 10.9. The average molecular weight is 315 g/mol. The number of carbonyl (C=O) groups excluding carboxylic acids is 1. The van der Waals surface area contributed by atoms with Crippen molar-refractivity contribution in [2.45, 2.75) is 33.2 Å². The van der Waals surface area contributed by atoms with Crippen LogP contribution in [0.4, 0.5) is 0 Å². The van der Waals surface area contributed by atoms with E-state index in [0.717, 1.165) is 5.56 Å². The number of aryl methyl sites for hydroxylation is 3. The molecule has 2 rings (SSSR count). The van der Waals surface area contributed by atoms with E-state index in [4.69, 9.17) is 9.52 Å². The summed E-state index contributed by atoms with van der Waals surface area (Å²) >= 11 is 0. The molecule has 122 valence electrons. The Hall–Kier alpha value is -2.56. The highest BCUT2D eigenvalue weighted by Crippen LogP contribution is 2.16. The van der Waals surface area contributed by atoms with Gasteiger partial charge in [0, 0.05) is 13.5 Å². The second-order valence-electron chi connectivity index (χ2n) is 5.72. The van der Waals surface area contributed by atoms with Crippen LogP contribution < -0.4 is 0 Å². The standard InChI is InChI=1S/C18H21NO4/c1-12-4-6-14(7-5-12)8-9-17(20)19(3)11-15-10-16(18(21)22)13(2)23-15/h4-7,10H,8-9,11H2,1-3H3,(H,21,22). The van der Waals surface area contributed by atoms with Crippen molar-refractivity contribution >= 4 is 11.9 Å². The third-order valence-electron chi connectivity index (χ3n) is 3.77. The summed E-state index contributed by atoms with van der Waals surface area (Å²) in [4.78, 5) is 24.7.